The van der Waals surface area contributed by atoms with Crippen LogP contribution in [0.1, 0.15) is 37.6 Å². The number of halogens is 3. The third-order valence-electron chi connectivity index (χ3n) is 3.76. The molecule has 0 spiro atoms. The first-order valence-electron chi connectivity index (χ1n) is 7.87. The lowest BCUT2D eigenvalue weighted by Gasteiger charge is -2.10. The van der Waals surface area contributed by atoms with Crippen molar-refractivity contribution in [3.8, 4) is 0 Å². The minimum absolute atomic E-state index is 0.00544. The summed E-state index contributed by atoms with van der Waals surface area (Å²) in [6.07, 6.45) is -3.15. The van der Waals surface area contributed by atoms with Crippen molar-refractivity contribution in [1.29, 1.82) is 0 Å². The van der Waals surface area contributed by atoms with Crippen LogP contribution in [0.5, 0.6) is 0 Å². The summed E-state index contributed by atoms with van der Waals surface area (Å²) in [5.74, 6) is -1.25. The number of carbonyl (C=O) groups is 2. The van der Waals surface area contributed by atoms with E-state index < -0.39 is 23.5 Å². The number of benzene rings is 2. The van der Waals surface area contributed by atoms with E-state index in [4.69, 9.17) is 9.15 Å². The van der Waals surface area contributed by atoms with Crippen LogP contribution in [0, 0.1) is 0 Å². The van der Waals surface area contributed by atoms with Gasteiger partial charge in [-0.15, -0.1) is 0 Å². The van der Waals surface area contributed by atoms with Crippen LogP contribution in [0.3, 0.4) is 0 Å². The topological polar surface area (TPSA) is 56.5 Å². The fraction of sp³-hybridized carbons (Fsp3) is 0.100. The van der Waals surface area contributed by atoms with Crippen molar-refractivity contribution in [2.24, 2.45) is 0 Å². The lowest BCUT2D eigenvalue weighted by atomic mass is 10.0. The Morgan fingerprint density at radius 1 is 0.926 bits per heavy atom. The Hall–Kier alpha value is -3.35. The van der Waals surface area contributed by atoms with Gasteiger partial charge in [0.2, 0.25) is 5.78 Å². The molecule has 1 aromatic heterocycles. The first-order valence-corrected chi connectivity index (χ1v) is 7.87. The van der Waals surface area contributed by atoms with Crippen LogP contribution in [0.4, 0.5) is 13.2 Å². The maximum atomic E-state index is 12.8. The highest BCUT2D eigenvalue weighted by Crippen LogP contribution is 2.29. The molecule has 2 aromatic carbocycles. The second-order valence-electron chi connectivity index (χ2n) is 5.63. The summed E-state index contributed by atoms with van der Waals surface area (Å²) in [5.41, 5.74) is -0.551. The Balaban J connectivity index is 1.77. The smallest absolute Gasteiger partial charge is 0.416 e. The molecule has 4 nitrogen and oxygen atoms in total. The highest BCUT2D eigenvalue weighted by atomic mass is 19.4. The highest BCUT2D eigenvalue weighted by Gasteiger charge is 2.30. The summed E-state index contributed by atoms with van der Waals surface area (Å²) >= 11 is 0. The number of alkyl halides is 3. The van der Waals surface area contributed by atoms with Gasteiger partial charge in [0.15, 0.2) is 5.76 Å². The number of ketones is 1. The van der Waals surface area contributed by atoms with Gasteiger partial charge in [-0.3, -0.25) is 4.79 Å². The van der Waals surface area contributed by atoms with Crippen molar-refractivity contribution in [1.82, 2.24) is 0 Å². The first kappa shape index (κ1) is 18.4. The van der Waals surface area contributed by atoms with Crippen molar-refractivity contribution in [2.75, 3.05) is 0 Å². The molecule has 0 saturated heterocycles. The van der Waals surface area contributed by atoms with Crippen molar-refractivity contribution in [3.05, 3.63) is 94.9 Å². The first-order chi connectivity index (χ1) is 12.9. The summed E-state index contributed by atoms with van der Waals surface area (Å²) < 4.78 is 48.4. The SMILES string of the molecule is O=C(OCc1cccc(C(F)(F)F)c1)c1ccccc1C(=O)c1ccco1. The van der Waals surface area contributed by atoms with Gasteiger partial charge in [-0.1, -0.05) is 30.3 Å². The standard InChI is InChI=1S/C20H13F3O4/c21-20(22,23)14-6-3-5-13(11-14)12-27-19(25)16-8-2-1-7-15(16)18(24)17-9-4-10-26-17/h1-11H,12H2. The molecule has 138 valence electrons. The van der Waals surface area contributed by atoms with Crippen LogP contribution < -0.4 is 0 Å². The maximum Gasteiger partial charge on any atom is 0.416 e. The van der Waals surface area contributed by atoms with Crippen molar-refractivity contribution >= 4 is 11.8 Å². The third-order valence-corrected chi connectivity index (χ3v) is 3.76. The van der Waals surface area contributed by atoms with E-state index in [2.05, 4.69) is 0 Å². The molecule has 0 amide bonds. The fourth-order valence-corrected chi connectivity index (χ4v) is 2.46. The molecule has 3 aromatic rings. The van der Waals surface area contributed by atoms with Crippen molar-refractivity contribution < 1.29 is 31.9 Å². The van der Waals surface area contributed by atoms with E-state index >= 15 is 0 Å². The zero-order valence-electron chi connectivity index (χ0n) is 13.8. The van der Waals surface area contributed by atoms with E-state index in [0.717, 1.165) is 12.1 Å². The lowest BCUT2D eigenvalue weighted by Crippen LogP contribution is -2.12. The predicted octanol–water partition coefficient (Wildman–Crippen LogP) is 4.89. The maximum absolute atomic E-state index is 12.8. The largest absolute Gasteiger partial charge is 0.461 e. The van der Waals surface area contributed by atoms with Gasteiger partial charge < -0.3 is 9.15 Å². The zero-order valence-corrected chi connectivity index (χ0v) is 13.8. The molecule has 0 aliphatic carbocycles. The minimum Gasteiger partial charge on any atom is -0.461 e. The predicted molar refractivity (Wildman–Crippen MR) is 89.1 cm³/mol. The molecule has 27 heavy (non-hydrogen) atoms. The molecule has 0 saturated carbocycles. The van der Waals surface area contributed by atoms with E-state index in [1.165, 1.54) is 36.6 Å². The van der Waals surface area contributed by atoms with Crippen LogP contribution in [0.15, 0.2) is 71.3 Å². The van der Waals surface area contributed by atoms with Crippen LogP contribution in [-0.2, 0) is 17.5 Å². The van der Waals surface area contributed by atoms with Gasteiger partial charge in [0.25, 0.3) is 0 Å². The summed E-state index contributed by atoms with van der Waals surface area (Å²) in [7, 11) is 0. The molecule has 0 radical (unpaired) electrons. The van der Waals surface area contributed by atoms with E-state index in [1.807, 2.05) is 0 Å². The zero-order chi connectivity index (χ0) is 19.4. The Morgan fingerprint density at radius 3 is 2.33 bits per heavy atom. The molecular weight excluding hydrogens is 361 g/mol. The van der Waals surface area contributed by atoms with Gasteiger partial charge in [-0.05, 0) is 35.9 Å². The molecule has 0 fully saturated rings. The van der Waals surface area contributed by atoms with Crippen LogP contribution in [0.2, 0.25) is 0 Å². The summed E-state index contributed by atoms with van der Waals surface area (Å²) in [5, 5.41) is 0. The number of ether oxygens (including phenoxy) is 1. The number of carbonyl (C=O) groups excluding carboxylic acids is 2. The number of esters is 1. The molecule has 0 unspecified atom stereocenters. The fourth-order valence-electron chi connectivity index (χ4n) is 2.46. The molecule has 0 aliphatic heterocycles. The normalized spacial score (nSPS) is 11.2. The molecule has 1 heterocycles. The van der Waals surface area contributed by atoms with Crippen LogP contribution in [0.25, 0.3) is 0 Å². The minimum atomic E-state index is -4.48. The van der Waals surface area contributed by atoms with Gasteiger partial charge >= 0.3 is 12.1 Å². The highest BCUT2D eigenvalue weighted by molar-refractivity contribution is 6.13. The van der Waals surface area contributed by atoms with Gasteiger partial charge in [0, 0.05) is 5.56 Å². The molecule has 0 aliphatic rings. The van der Waals surface area contributed by atoms with Gasteiger partial charge in [-0.25, -0.2) is 4.79 Å². The average Bonchev–Trinajstić information content (AvgIpc) is 3.20. The second-order valence-corrected chi connectivity index (χ2v) is 5.63. The van der Waals surface area contributed by atoms with Crippen molar-refractivity contribution in [2.45, 2.75) is 12.8 Å². The number of hydrogen-bond acceptors (Lipinski definition) is 4. The quantitative estimate of drug-likeness (QED) is 0.471. The molecule has 3 rings (SSSR count). The molecule has 0 bridgehead atoms. The third kappa shape index (κ3) is 4.25. The Morgan fingerprint density at radius 2 is 1.67 bits per heavy atom. The van der Waals surface area contributed by atoms with E-state index in [0.29, 0.717) is 0 Å². The lowest BCUT2D eigenvalue weighted by molar-refractivity contribution is -0.137. The Kier molecular flexibility index (Phi) is 5.12. The van der Waals surface area contributed by atoms with E-state index in [9.17, 15) is 22.8 Å². The second kappa shape index (κ2) is 7.49. The number of hydrogen-bond donors (Lipinski definition) is 0. The van der Waals surface area contributed by atoms with E-state index in [-0.39, 0.29) is 29.1 Å². The monoisotopic (exact) mass is 374 g/mol. The van der Waals surface area contributed by atoms with Crippen molar-refractivity contribution in [3.63, 3.8) is 0 Å². The number of rotatable bonds is 5. The summed E-state index contributed by atoms with van der Waals surface area (Å²) in [6.45, 7) is -0.355. The van der Waals surface area contributed by atoms with Gasteiger partial charge in [0.1, 0.15) is 6.61 Å². The van der Waals surface area contributed by atoms with Gasteiger partial charge in [-0.2, -0.15) is 13.2 Å². The van der Waals surface area contributed by atoms with E-state index in [1.54, 1.807) is 18.2 Å². The summed E-state index contributed by atoms with van der Waals surface area (Å²) in [4.78, 5) is 24.8. The molecule has 0 N–H and O–H groups in total. The Labute approximate surface area is 152 Å². The van der Waals surface area contributed by atoms with Gasteiger partial charge in [0.05, 0.1) is 17.4 Å². The molecule has 0 atom stereocenters. The Bertz CT molecular complexity index is 959. The van der Waals surface area contributed by atoms with Crippen LogP contribution >= 0.6 is 0 Å². The summed E-state index contributed by atoms with van der Waals surface area (Å²) in [6, 6.07) is 13.5. The molecule has 7 heteroatoms. The number of furan rings is 1. The average molecular weight is 374 g/mol. The van der Waals surface area contributed by atoms with Crippen LogP contribution in [-0.4, -0.2) is 11.8 Å². The molecular formula is C20H13F3O4.